The first-order valence-corrected chi connectivity index (χ1v) is 12.0. The van der Waals surface area contributed by atoms with Gasteiger partial charge in [-0.1, -0.05) is 0 Å². The number of amides is 1. The number of aromatic amines is 1. The molecule has 0 spiro atoms. The van der Waals surface area contributed by atoms with Gasteiger partial charge < -0.3 is 10.3 Å². The Labute approximate surface area is 188 Å². The summed E-state index contributed by atoms with van der Waals surface area (Å²) in [6, 6.07) is 6.75. The lowest BCUT2D eigenvalue weighted by atomic mass is 10.0. The second-order valence-electron chi connectivity index (χ2n) is 8.62. The Hall–Kier alpha value is -3.52. The summed E-state index contributed by atoms with van der Waals surface area (Å²) in [5, 5.41) is 12.3. The molecule has 170 valence electrons. The largest absolute Gasteiger partial charge is 0.346 e. The van der Waals surface area contributed by atoms with Crippen molar-refractivity contribution in [1.29, 1.82) is 5.26 Å². The normalized spacial score (nSPS) is 16.9. The molecule has 2 aliphatic rings. The Bertz CT molecular complexity index is 1440. The summed E-state index contributed by atoms with van der Waals surface area (Å²) in [4.78, 5) is 19.4. The quantitative estimate of drug-likeness (QED) is 0.482. The molecule has 2 aromatic heterocycles. The van der Waals surface area contributed by atoms with Crippen molar-refractivity contribution in [2.75, 3.05) is 15.8 Å². The van der Waals surface area contributed by atoms with Crippen LogP contribution in [0.25, 0.3) is 22.2 Å². The van der Waals surface area contributed by atoms with Gasteiger partial charge in [0.25, 0.3) is 0 Å². The third kappa shape index (κ3) is 4.26. The van der Waals surface area contributed by atoms with E-state index in [2.05, 4.69) is 20.0 Å². The molecule has 33 heavy (non-hydrogen) atoms. The molecule has 0 atom stereocenters. The zero-order valence-corrected chi connectivity index (χ0v) is 18.1. The lowest BCUT2D eigenvalue weighted by molar-refractivity contribution is -0.117. The molecule has 0 aliphatic heterocycles. The second kappa shape index (κ2) is 7.52. The lowest BCUT2D eigenvalue weighted by Crippen LogP contribution is -2.23. The molecule has 1 aromatic carbocycles. The third-order valence-electron chi connectivity index (χ3n) is 5.90. The first-order chi connectivity index (χ1) is 15.7. The Kier molecular flexibility index (Phi) is 4.86. The number of halogens is 2. The molecular weight excluding hydrogens is 452 g/mol. The van der Waals surface area contributed by atoms with Crippen LogP contribution in [0.3, 0.4) is 0 Å². The number of nitrogens with zero attached hydrogens (tertiary/aromatic N) is 2. The Morgan fingerprint density at radius 3 is 2.64 bits per heavy atom. The number of carbonyl (C=O) groups excluding carboxylic acids is 1. The fourth-order valence-electron chi connectivity index (χ4n) is 3.74. The maximum absolute atomic E-state index is 15.1. The minimum absolute atomic E-state index is 0.0631. The number of benzene rings is 1. The summed E-state index contributed by atoms with van der Waals surface area (Å²) >= 11 is 0. The van der Waals surface area contributed by atoms with Crippen LogP contribution in [-0.4, -0.2) is 30.0 Å². The van der Waals surface area contributed by atoms with Crippen LogP contribution in [0.15, 0.2) is 30.5 Å². The number of rotatable bonds is 7. The number of pyridine rings is 1. The van der Waals surface area contributed by atoms with Gasteiger partial charge in [-0.15, -0.1) is 0 Å². The summed E-state index contributed by atoms with van der Waals surface area (Å²) in [5.41, 5.74) is -0.931. The van der Waals surface area contributed by atoms with Gasteiger partial charge in [-0.2, -0.15) is 5.26 Å². The van der Waals surface area contributed by atoms with E-state index < -0.39 is 38.5 Å². The van der Waals surface area contributed by atoms with Gasteiger partial charge in [0.05, 0.1) is 22.9 Å². The number of sulfonamides is 1. The Morgan fingerprint density at radius 1 is 1.21 bits per heavy atom. The predicted octanol–water partition coefficient (Wildman–Crippen LogP) is 3.90. The fraction of sp³-hybridized carbons (Fsp3) is 0.318. The van der Waals surface area contributed by atoms with Crippen LogP contribution < -0.4 is 10.0 Å². The van der Waals surface area contributed by atoms with Crippen molar-refractivity contribution in [3.05, 3.63) is 42.1 Å². The summed E-state index contributed by atoms with van der Waals surface area (Å²) in [6.07, 6.45) is 4.10. The highest BCUT2D eigenvalue weighted by Crippen LogP contribution is 2.46. The minimum atomic E-state index is -4.05. The molecule has 0 bridgehead atoms. The van der Waals surface area contributed by atoms with Gasteiger partial charge >= 0.3 is 0 Å². The van der Waals surface area contributed by atoms with E-state index in [1.54, 1.807) is 12.3 Å². The zero-order chi connectivity index (χ0) is 23.4. The Morgan fingerprint density at radius 2 is 1.97 bits per heavy atom. The number of fused-ring (bicyclic) bond motifs is 1. The zero-order valence-electron chi connectivity index (χ0n) is 17.3. The molecule has 8 nitrogen and oxygen atoms in total. The van der Waals surface area contributed by atoms with Gasteiger partial charge in [0.15, 0.2) is 0 Å². The van der Waals surface area contributed by atoms with Crippen molar-refractivity contribution in [3.63, 3.8) is 0 Å². The standard InChI is InChI=1S/C22H19F2N5O3S/c23-16-9-18(29-33(31,32)11-22(10-25)4-5-22)17(24)7-15(16)14-8-19(28-21(30)12-1-2-12)27-20-13(14)3-6-26-20/h3,6-9,12,29H,1-2,4-5,11H2,(H2,26,27,28,30). The Balaban J connectivity index is 1.49. The molecule has 0 saturated heterocycles. The molecule has 2 fully saturated rings. The van der Waals surface area contributed by atoms with Crippen molar-refractivity contribution < 1.29 is 22.0 Å². The molecule has 5 rings (SSSR count). The third-order valence-corrected chi connectivity index (χ3v) is 7.36. The van der Waals surface area contributed by atoms with Gasteiger partial charge in [0.2, 0.25) is 15.9 Å². The van der Waals surface area contributed by atoms with E-state index in [1.807, 2.05) is 6.07 Å². The van der Waals surface area contributed by atoms with E-state index >= 15 is 4.39 Å². The van der Waals surface area contributed by atoms with Crippen molar-refractivity contribution in [1.82, 2.24) is 9.97 Å². The molecule has 0 radical (unpaired) electrons. The fourth-order valence-corrected chi connectivity index (χ4v) is 5.38. The average Bonchev–Trinajstić information content (AvgIpc) is 3.68. The molecule has 3 N–H and O–H groups in total. The monoisotopic (exact) mass is 471 g/mol. The van der Waals surface area contributed by atoms with E-state index in [0.717, 1.165) is 25.0 Å². The maximum atomic E-state index is 15.1. The van der Waals surface area contributed by atoms with Crippen LogP contribution in [0.2, 0.25) is 0 Å². The molecule has 0 unspecified atom stereocenters. The molecule has 3 aromatic rings. The van der Waals surface area contributed by atoms with Crippen LogP contribution in [0.4, 0.5) is 20.3 Å². The second-order valence-corrected chi connectivity index (χ2v) is 10.3. The number of nitrogens with one attached hydrogen (secondary N) is 3. The number of aromatic nitrogens is 2. The van der Waals surface area contributed by atoms with Crippen molar-refractivity contribution in [3.8, 4) is 17.2 Å². The molecule has 1 amide bonds. The van der Waals surface area contributed by atoms with Crippen LogP contribution in [-0.2, 0) is 14.8 Å². The number of carbonyl (C=O) groups is 1. The van der Waals surface area contributed by atoms with Gasteiger partial charge in [-0.05, 0) is 49.4 Å². The van der Waals surface area contributed by atoms with Gasteiger partial charge in [-0.3, -0.25) is 9.52 Å². The van der Waals surface area contributed by atoms with Crippen LogP contribution in [0.5, 0.6) is 0 Å². The topological polar surface area (TPSA) is 128 Å². The smallest absolute Gasteiger partial charge is 0.234 e. The molecule has 2 aliphatic carbocycles. The van der Waals surface area contributed by atoms with Gasteiger partial charge in [0, 0.05) is 29.1 Å². The van der Waals surface area contributed by atoms with E-state index in [9.17, 15) is 17.6 Å². The highest BCUT2D eigenvalue weighted by molar-refractivity contribution is 7.92. The van der Waals surface area contributed by atoms with Gasteiger partial charge in [-0.25, -0.2) is 22.2 Å². The maximum Gasteiger partial charge on any atom is 0.234 e. The SMILES string of the molecule is N#CC1(CS(=O)(=O)Nc2cc(F)c(-c3cc(NC(=O)C4CC4)nc4[nH]ccc34)cc2F)CC1. The molecule has 2 saturated carbocycles. The molecule has 2 heterocycles. The van der Waals surface area contributed by atoms with Crippen molar-refractivity contribution in [2.45, 2.75) is 25.7 Å². The summed E-state index contributed by atoms with van der Waals surface area (Å²) < 4.78 is 56.8. The lowest BCUT2D eigenvalue weighted by Gasteiger charge is -2.14. The van der Waals surface area contributed by atoms with Gasteiger partial charge in [0.1, 0.15) is 23.1 Å². The average molecular weight is 471 g/mol. The van der Waals surface area contributed by atoms with E-state index in [0.29, 0.717) is 29.4 Å². The van der Waals surface area contributed by atoms with E-state index in [-0.39, 0.29) is 23.2 Å². The predicted molar refractivity (Wildman–Crippen MR) is 117 cm³/mol. The first-order valence-electron chi connectivity index (χ1n) is 10.4. The number of anilines is 2. The summed E-state index contributed by atoms with van der Waals surface area (Å²) in [5.74, 6) is -2.34. The molecular formula is C22H19F2N5O3S. The summed E-state index contributed by atoms with van der Waals surface area (Å²) in [6.45, 7) is 0. The number of hydrogen-bond donors (Lipinski definition) is 3. The summed E-state index contributed by atoms with van der Waals surface area (Å²) in [7, 11) is -4.05. The minimum Gasteiger partial charge on any atom is -0.346 e. The number of H-pyrrole nitrogens is 1. The van der Waals surface area contributed by atoms with Crippen molar-refractivity contribution in [2.24, 2.45) is 11.3 Å². The number of hydrogen-bond acceptors (Lipinski definition) is 5. The van der Waals surface area contributed by atoms with E-state index in [4.69, 9.17) is 5.26 Å². The first kappa shape index (κ1) is 21.3. The highest BCUT2D eigenvalue weighted by atomic mass is 32.2. The van der Waals surface area contributed by atoms with Crippen LogP contribution in [0, 0.1) is 34.3 Å². The van der Waals surface area contributed by atoms with Crippen LogP contribution in [0.1, 0.15) is 25.7 Å². The molecule has 11 heteroatoms. The van der Waals surface area contributed by atoms with E-state index in [1.165, 1.54) is 6.07 Å². The highest BCUT2D eigenvalue weighted by Gasteiger charge is 2.47. The number of nitriles is 1. The van der Waals surface area contributed by atoms with Crippen LogP contribution >= 0.6 is 0 Å². The van der Waals surface area contributed by atoms with Crippen molar-refractivity contribution >= 4 is 38.5 Å².